The molecule has 184 valence electrons. The van der Waals surface area contributed by atoms with E-state index in [2.05, 4.69) is 0 Å². The minimum atomic E-state index is -1.81. The maximum Gasteiger partial charge on any atom is 0.333 e. The molecule has 0 spiro atoms. The number of ether oxygens (including phenoxy) is 4. The van der Waals surface area contributed by atoms with Gasteiger partial charge in [-0.3, -0.25) is 4.79 Å². The van der Waals surface area contributed by atoms with Gasteiger partial charge in [0.25, 0.3) is 0 Å². The summed E-state index contributed by atoms with van der Waals surface area (Å²) in [5, 5.41) is 21.8. The maximum atomic E-state index is 12.5. The van der Waals surface area contributed by atoms with Crippen LogP contribution in [0.2, 0.25) is 0 Å². The molecule has 0 radical (unpaired) electrons. The molecule has 0 amide bonds. The van der Waals surface area contributed by atoms with E-state index in [0.29, 0.717) is 0 Å². The van der Waals surface area contributed by atoms with Crippen molar-refractivity contribution in [3.8, 4) is 0 Å². The monoisotopic (exact) mass is 468 g/mol. The Morgan fingerprint density at radius 2 is 0.848 bits per heavy atom. The molecule has 2 N–H and O–H groups in total. The second kappa shape index (κ2) is 12.3. The standard InChI is InChI=1S/C23H32O10/c1-8-11(4)21(27)31-17-15(25)18(30-14(7)24)20(33-23(29)13(6)10-3)19(16(17)26)32-22(28)12(5)9-2/h8-10,15-20,25-26H,1-7H3/b11-8?,12-9-,13-10?/t15-,16-,17+,18+,19+,20+/m0/s1. The van der Waals surface area contributed by atoms with Crippen LogP contribution in [-0.4, -0.2) is 70.7 Å². The van der Waals surface area contributed by atoms with Crippen molar-refractivity contribution in [3.63, 3.8) is 0 Å². The molecule has 0 unspecified atom stereocenters. The van der Waals surface area contributed by atoms with Crippen molar-refractivity contribution >= 4 is 23.9 Å². The summed E-state index contributed by atoms with van der Waals surface area (Å²) < 4.78 is 21.2. The molecule has 33 heavy (non-hydrogen) atoms. The number of allylic oxidation sites excluding steroid dienone is 3. The van der Waals surface area contributed by atoms with Crippen LogP contribution in [0.4, 0.5) is 0 Å². The lowest BCUT2D eigenvalue weighted by molar-refractivity contribution is -0.249. The first kappa shape index (κ1) is 28.1. The lowest BCUT2D eigenvalue weighted by atomic mass is 9.84. The van der Waals surface area contributed by atoms with E-state index in [0.717, 1.165) is 6.92 Å². The molecule has 0 aromatic heterocycles. The van der Waals surface area contributed by atoms with Crippen LogP contribution in [0, 0.1) is 0 Å². The number of rotatable bonds is 7. The van der Waals surface area contributed by atoms with Crippen molar-refractivity contribution in [1.29, 1.82) is 0 Å². The van der Waals surface area contributed by atoms with E-state index >= 15 is 0 Å². The normalized spacial score (nSPS) is 28.6. The van der Waals surface area contributed by atoms with Gasteiger partial charge in [-0.05, 0) is 41.5 Å². The van der Waals surface area contributed by atoms with E-state index in [1.54, 1.807) is 20.8 Å². The average Bonchev–Trinajstić information content (AvgIpc) is 2.79. The summed E-state index contributed by atoms with van der Waals surface area (Å²) >= 11 is 0. The van der Waals surface area contributed by atoms with Crippen molar-refractivity contribution in [3.05, 3.63) is 34.9 Å². The molecule has 6 atom stereocenters. The largest absolute Gasteiger partial charge is 0.455 e. The quantitative estimate of drug-likeness (QED) is 0.318. The van der Waals surface area contributed by atoms with Crippen LogP contribution in [0.5, 0.6) is 0 Å². The lowest BCUT2D eigenvalue weighted by Crippen LogP contribution is -2.67. The third kappa shape index (κ3) is 7.00. The van der Waals surface area contributed by atoms with Gasteiger partial charge in [-0.15, -0.1) is 0 Å². The van der Waals surface area contributed by atoms with Crippen LogP contribution >= 0.6 is 0 Å². The molecule has 0 bridgehead atoms. The first-order chi connectivity index (χ1) is 15.4. The molecular formula is C23H32O10. The van der Waals surface area contributed by atoms with E-state index < -0.39 is 60.5 Å². The number of carbonyl (C=O) groups is 4. The van der Waals surface area contributed by atoms with Crippen LogP contribution in [-0.2, 0) is 38.1 Å². The molecule has 0 saturated heterocycles. The first-order valence-electron chi connectivity index (χ1n) is 10.4. The van der Waals surface area contributed by atoms with Crippen LogP contribution < -0.4 is 0 Å². The van der Waals surface area contributed by atoms with E-state index in [9.17, 15) is 29.4 Å². The van der Waals surface area contributed by atoms with Crippen LogP contribution in [0.15, 0.2) is 34.9 Å². The second-order valence-corrected chi connectivity index (χ2v) is 7.58. The Morgan fingerprint density at radius 3 is 1.18 bits per heavy atom. The Labute approximate surface area is 192 Å². The fraction of sp³-hybridized carbons (Fsp3) is 0.565. The number of hydrogen-bond acceptors (Lipinski definition) is 10. The van der Waals surface area contributed by atoms with Crippen molar-refractivity contribution in [1.82, 2.24) is 0 Å². The molecular weight excluding hydrogens is 436 g/mol. The summed E-state index contributed by atoms with van der Waals surface area (Å²) in [6, 6.07) is 0. The Hall–Kier alpha value is -2.98. The number of hydrogen-bond donors (Lipinski definition) is 2. The number of aliphatic hydroxyl groups is 2. The highest BCUT2D eigenvalue weighted by atomic mass is 16.6. The molecule has 1 saturated carbocycles. The average molecular weight is 468 g/mol. The molecule has 0 aliphatic heterocycles. The fourth-order valence-electron chi connectivity index (χ4n) is 2.89. The fourth-order valence-corrected chi connectivity index (χ4v) is 2.89. The van der Waals surface area contributed by atoms with Gasteiger partial charge in [0.05, 0.1) is 0 Å². The molecule has 0 aromatic rings. The predicted molar refractivity (Wildman–Crippen MR) is 116 cm³/mol. The summed E-state index contributed by atoms with van der Waals surface area (Å²) in [6.45, 7) is 10.2. The summed E-state index contributed by atoms with van der Waals surface area (Å²) in [6.07, 6.45) is -5.68. The topological polar surface area (TPSA) is 146 Å². The minimum absolute atomic E-state index is 0.186. The SMILES string of the molecule is CC=C(C)C(=O)O[C@@H]1[C@H](O)[C@@H](OC(C)=O)[C@@H](OC(=O)C(C)=CC)[C@H](OC(=O)/C(C)=C\C)[C@H]1O. The maximum absolute atomic E-state index is 12.5. The van der Waals surface area contributed by atoms with E-state index in [1.807, 2.05) is 0 Å². The van der Waals surface area contributed by atoms with Crippen molar-refractivity contribution in [2.24, 2.45) is 0 Å². The lowest BCUT2D eigenvalue weighted by Gasteiger charge is -2.45. The van der Waals surface area contributed by atoms with Gasteiger partial charge < -0.3 is 29.2 Å². The predicted octanol–water partition coefficient (Wildman–Crippen LogP) is 1.29. The van der Waals surface area contributed by atoms with Crippen molar-refractivity contribution < 1.29 is 48.3 Å². The molecule has 0 heterocycles. The van der Waals surface area contributed by atoms with Crippen LogP contribution in [0.1, 0.15) is 48.5 Å². The van der Waals surface area contributed by atoms with Gasteiger partial charge in [-0.25, -0.2) is 14.4 Å². The zero-order chi connectivity index (χ0) is 25.5. The third-order valence-corrected chi connectivity index (χ3v) is 5.29. The van der Waals surface area contributed by atoms with Gasteiger partial charge in [0.15, 0.2) is 24.4 Å². The molecule has 0 aromatic carbocycles. The Morgan fingerprint density at radius 1 is 0.545 bits per heavy atom. The highest BCUT2D eigenvalue weighted by molar-refractivity contribution is 5.89. The Kier molecular flexibility index (Phi) is 10.5. The highest BCUT2D eigenvalue weighted by Crippen LogP contribution is 2.32. The number of aliphatic hydroxyl groups excluding tert-OH is 2. The van der Waals surface area contributed by atoms with Crippen LogP contribution in [0.3, 0.4) is 0 Å². The van der Waals surface area contributed by atoms with E-state index in [4.69, 9.17) is 18.9 Å². The molecule has 1 rings (SSSR count). The minimum Gasteiger partial charge on any atom is -0.455 e. The van der Waals surface area contributed by atoms with Crippen molar-refractivity contribution in [2.45, 2.75) is 85.1 Å². The van der Waals surface area contributed by atoms with Gasteiger partial charge in [-0.2, -0.15) is 0 Å². The Bertz CT molecular complexity index is 853. The van der Waals surface area contributed by atoms with Gasteiger partial charge in [0.2, 0.25) is 0 Å². The summed E-state index contributed by atoms with van der Waals surface area (Å²) in [4.78, 5) is 49.0. The Balaban J connectivity index is 3.51. The summed E-state index contributed by atoms with van der Waals surface area (Å²) in [5.41, 5.74) is 0.562. The summed E-state index contributed by atoms with van der Waals surface area (Å²) in [7, 11) is 0. The van der Waals surface area contributed by atoms with Crippen molar-refractivity contribution in [2.75, 3.05) is 0 Å². The molecule has 1 aliphatic carbocycles. The highest BCUT2D eigenvalue weighted by Gasteiger charge is 2.57. The van der Waals surface area contributed by atoms with Gasteiger partial charge >= 0.3 is 23.9 Å². The zero-order valence-corrected chi connectivity index (χ0v) is 19.9. The molecule has 10 heteroatoms. The number of esters is 4. The third-order valence-electron chi connectivity index (χ3n) is 5.29. The zero-order valence-electron chi connectivity index (χ0n) is 19.9. The summed E-state index contributed by atoms with van der Waals surface area (Å²) in [5.74, 6) is -3.39. The van der Waals surface area contributed by atoms with Gasteiger partial charge in [-0.1, -0.05) is 18.2 Å². The van der Waals surface area contributed by atoms with Gasteiger partial charge in [0.1, 0.15) is 12.2 Å². The van der Waals surface area contributed by atoms with Crippen LogP contribution in [0.25, 0.3) is 0 Å². The number of carbonyl (C=O) groups excluding carboxylic acids is 4. The first-order valence-corrected chi connectivity index (χ1v) is 10.4. The molecule has 10 nitrogen and oxygen atoms in total. The van der Waals surface area contributed by atoms with Gasteiger partial charge in [0, 0.05) is 23.6 Å². The molecule has 1 fully saturated rings. The second-order valence-electron chi connectivity index (χ2n) is 7.58. The molecule has 1 aliphatic rings. The van der Waals surface area contributed by atoms with E-state index in [1.165, 1.54) is 39.0 Å². The smallest absolute Gasteiger partial charge is 0.333 e. The van der Waals surface area contributed by atoms with E-state index in [-0.39, 0.29) is 16.7 Å².